The van der Waals surface area contributed by atoms with Crippen LogP contribution in [0.4, 0.5) is 0 Å². The zero-order valence-electron chi connectivity index (χ0n) is 11.6. The zero-order valence-corrected chi connectivity index (χ0v) is 11.6. The van der Waals surface area contributed by atoms with Crippen molar-refractivity contribution in [3.05, 3.63) is 23.8 Å². The Hall–Kier alpha value is -1.30. The van der Waals surface area contributed by atoms with Gasteiger partial charge >= 0.3 is 0 Å². The highest BCUT2D eigenvalue weighted by molar-refractivity contribution is 5.41. The van der Waals surface area contributed by atoms with Crippen LogP contribution in [0.3, 0.4) is 0 Å². The molecule has 106 valence electrons. The van der Waals surface area contributed by atoms with Crippen molar-refractivity contribution in [3.63, 3.8) is 0 Å². The molecule has 1 aromatic carbocycles. The Kier molecular flexibility index (Phi) is 5.01. The first-order valence-corrected chi connectivity index (χ1v) is 6.57. The van der Waals surface area contributed by atoms with Crippen LogP contribution in [0.25, 0.3) is 0 Å². The van der Waals surface area contributed by atoms with Crippen LogP contribution in [-0.2, 0) is 11.3 Å². The lowest BCUT2D eigenvalue weighted by molar-refractivity contribution is -0.0291. The summed E-state index contributed by atoms with van der Waals surface area (Å²) < 4.78 is 10.8. The highest BCUT2D eigenvalue weighted by Crippen LogP contribution is 2.27. The van der Waals surface area contributed by atoms with Crippen molar-refractivity contribution in [1.29, 1.82) is 0 Å². The van der Waals surface area contributed by atoms with E-state index in [-0.39, 0.29) is 11.9 Å². The molecule has 0 spiro atoms. The SMILES string of the molecule is CNCC1CN(Cc2ccc(O)c(OC)c2)CCO1. The highest BCUT2D eigenvalue weighted by Gasteiger charge is 2.20. The first-order chi connectivity index (χ1) is 9.22. The number of aromatic hydroxyl groups is 1. The minimum Gasteiger partial charge on any atom is -0.504 e. The predicted molar refractivity (Wildman–Crippen MR) is 73.6 cm³/mol. The van der Waals surface area contributed by atoms with Crippen LogP contribution in [-0.4, -0.2) is 56.5 Å². The molecular weight excluding hydrogens is 244 g/mol. The van der Waals surface area contributed by atoms with E-state index in [2.05, 4.69) is 10.2 Å². The second-order valence-corrected chi connectivity index (χ2v) is 4.79. The summed E-state index contributed by atoms with van der Waals surface area (Å²) in [5, 5.41) is 12.7. The highest BCUT2D eigenvalue weighted by atomic mass is 16.5. The van der Waals surface area contributed by atoms with Gasteiger partial charge in [0.1, 0.15) is 0 Å². The third-order valence-corrected chi connectivity index (χ3v) is 3.31. The minimum absolute atomic E-state index is 0.182. The summed E-state index contributed by atoms with van der Waals surface area (Å²) in [5.41, 5.74) is 1.14. The van der Waals surface area contributed by atoms with E-state index in [4.69, 9.17) is 9.47 Å². The molecule has 2 rings (SSSR count). The molecular formula is C14H22N2O3. The molecule has 0 aromatic heterocycles. The number of morpholine rings is 1. The molecule has 5 nitrogen and oxygen atoms in total. The predicted octanol–water partition coefficient (Wildman–Crippen LogP) is 0.821. The first-order valence-electron chi connectivity index (χ1n) is 6.57. The molecule has 0 bridgehead atoms. The largest absolute Gasteiger partial charge is 0.504 e. The van der Waals surface area contributed by atoms with Crippen molar-refractivity contribution in [2.24, 2.45) is 0 Å². The molecule has 1 fully saturated rings. The van der Waals surface area contributed by atoms with Crippen molar-refractivity contribution in [2.75, 3.05) is 40.4 Å². The van der Waals surface area contributed by atoms with Crippen LogP contribution in [0.2, 0.25) is 0 Å². The number of ether oxygens (including phenoxy) is 2. The Morgan fingerprint density at radius 2 is 2.37 bits per heavy atom. The zero-order chi connectivity index (χ0) is 13.7. The monoisotopic (exact) mass is 266 g/mol. The first kappa shape index (κ1) is 14.1. The third kappa shape index (κ3) is 3.83. The third-order valence-electron chi connectivity index (χ3n) is 3.31. The average molecular weight is 266 g/mol. The van der Waals surface area contributed by atoms with Gasteiger partial charge in [0.05, 0.1) is 19.8 Å². The van der Waals surface area contributed by atoms with Crippen molar-refractivity contribution < 1.29 is 14.6 Å². The van der Waals surface area contributed by atoms with E-state index >= 15 is 0 Å². The van der Waals surface area contributed by atoms with E-state index in [0.717, 1.165) is 38.3 Å². The summed E-state index contributed by atoms with van der Waals surface area (Å²) >= 11 is 0. The van der Waals surface area contributed by atoms with Gasteiger partial charge in [-0.2, -0.15) is 0 Å². The van der Waals surface area contributed by atoms with Crippen molar-refractivity contribution in [3.8, 4) is 11.5 Å². The topological polar surface area (TPSA) is 54.0 Å². The Morgan fingerprint density at radius 3 is 3.11 bits per heavy atom. The Morgan fingerprint density at radius 1 is 1.53 bits per heavy atom. The fraction of sp³-hybridized carbons (Fsp3) is 0.571. The second-order valence-electron chi connectivity index (χ2n) is 4.79. The minimum atomic E-state index is 0.182. The molecule has 1 aliphatic heterocycles. The van der Waals surface area contributed by atoms with Gasteiger partial charge in [-0.1, -0.05) is 6.07 Å². The molecule has 19 heavy (non-hydrogen) atoms. The lowest BCUT2D eigenvalue weighted by Gasteiger charge is -2.32. The molecule has 2 N–H and O–H groups in total. The van der Waals surface area contributed by atoms with E-state index < -0.39 is 0 Å². The van der Waals surface area contributed by atoms with Crippen LogP contribution < -0.4 is 10.1 Å². The Labute approximate surface area is 114 Å². The van der Waals surface area contributed by atoms with Crippen LogP contribution in [0.1, 0.15) is 5.56 Å². The van der Waals surface area contributed by atoms with Crippen LogP contribution in [0.5, 0.6) is 11.5 Å². The van der Waals surface area contributed by atoms with Crippen LogP contribution in [0, 0.1) is 0 Å². The Balaban J connectivity index is 1.96. The summed E-state index contributed by atoms with van der Waals surface area (Å²) in [6.45, 7) is 4.34. The maximum absolute atomic E-state index is 9.59. The summed E-state index contributed by atoms with van der Waals surface area (Å²) in [6.07, 6.45) is 0.248. The van der Waals surface area contributed by atoms with E-state index in [0.29, 0.717) is 5.75 Å². The van der Waals surface area contributed by atoms with Gasteiger partial charge in [-0.05, 0) is 24.7 Å². The molecule has 1 atom stereocenters. The lowest BCUT2D eigenvalue weighted by Crippen LogP contribution is -2.45. The van der Waals surface area contributed by atoms with Crippen LogP contribution in [0.15, 0.2) is 18.2 Å². The fourth-order valence-electron chi connectivity index (χ4n) is 2.35. The maximum Gasteiger partial charge on any atom is 0.160 e. The van der Waals surface area contributed by atoms with E-state index in [1.54, 1.807) is 13.2 Å². The molecule has 0 saturated carbocycles. The molecule has 1 heterocycles. The Bertz CT molecular complexity index is 410. The normalized spacial score (nSPS) is 20.4. The number of rotatable bonds is 5. The van der Waals surface area contributed by atoms with E-state index in [1.165, 1.54) is 0 Å². The lowest BCUT2D eigenvalue weighted by atomic mass is 10.1. The number of methoxy groups -OCH3 is 1. The molecule has 1 aliphatic rings. The number of likely N-dealkylation sites (N-methyl/N-ethyl adjacent to an activating group) is 1. The molecule has 1 saturated heterocycles. The summed E-state index contributed by atoms with van der Waals surface area (Å²) in [5.74, 6) is 0.707. The fourth-order valence-corrected chi connectivity index (χ4v) is 2.35. The van der Waals surface area contributed by atoms with Crippen molar-refractivity contribution >= 4 is 0 Å². The smallest absolute Gasteiger partial charge is 0.160 e. The second kappa shape index (κ2) is 6.75. The molecule has 5 heteroatoms. The average Bonchev–Trinajstić information content (AvgIpc) is 2.42. The molecule has 0 aliphatic carbocycles. The number of hydrogen-bond donors (Lipinski definition) is 2. The van der Waals surface area contributed by atoms with Gasteiger partial charge in [0.2, 0.25) is 0 Å². The molecule has 0 amide bonds. The molecule has 1 aromatic rings. The maximum atomic E-state index is 9.59. The van der Waals surface area contributed by atoms with Crippen molar-refractivity contribution in [2.45, 2.75) is 12.6 Å². The van der Waals surface area contributed by atoms with Crippen molar-refractivity contribution in [1.82, 2.24) is 10.2 Å². The van der Waals surface area contributed by atoms with Gasteiger partial charge in [0, 0.05) is 26.2 Å². The van der Waals surface area contributed by atoms with E-state index in [1.807, 2.05) is 19.2 Å². The molecule has 0 radical (unpaired) electrons. The van der Waals surface area contributed by atoms with Gasteiger partial charge in [-0.15, -0.1) is 0 Å². The van der Waals surface area contributed by atoms with Crippen LogP contribution >= 0.6 is 0 Å². The van der Waals surface area contributed by atoms with Gasteiger partial charge < -0.3 is 19.9 Å². The number of phenols is 1. The molecule has 1 unspecified atom stereocenters. The van der Waals surface area contributed by atoms with Gasteiger partial charge in [-0.3, -0.25) is 4.90 Å². The standard InChI is InChI=1S/C14H22N2O3/c1-15-8-12-10-16(5-6-19-12)9-11-3-4-13(17)14(7-11)18-2/h3-4,7,12,15,17H,5-6,8-10H2,1-2H3. The van der Waals surface area contributed by atoms with Gasteiger partial charge in [0.15, 0.2) is 11.5 Å². The summed E-state index contributed by atoms with van der Waals surface area (Å²) in [4.78, 5) is 2.36. The number of hydrogen-bond acceptors (Lipinski definition) is 5. The number of nitrogens with zero attached hydrogens (tertiary/aromatic N) is 1. The van der Waals surface area contributed by atoms with Gasteiger partial charge in [-0.25, -0.2) is 0 Å². The van der Waals surface area contributed by atoms with Gasteiger partial charge in [0.25, 0.3) is 0 Å². The van der Waals surface area contributed by atoms with E-state index in [9.17, 15) is 5.11 Å². The number of nitrogens with one attached hydrogen (secondary N) is 1. The quantitative estimate of drug-likeness (QED) is 0.826. The number of phenolic OH excluding ortho intramolecular Hbond substituents is 1. The summed E-state index contributed by atoms with van der Waals surface area (Å²) in [7, 11) is 3.50. The number of benzene rings is 1. The summed E-state index contributed by atoms with van der Waals surface area (Å²) in [6, 6.07) is 5.50.